The maximum absolute atomic E-state index is 12.3. The van der Waals surface area contributed by atoms with E-state index in [1.165, 1.54) is 29.2 Å². The normalized spacial score (nSPS) is 11.7. The van der Waals surface area contributed by atoms with Crippen molar-refractivity contribution in [1.82, 2.24) is 4.90 Å². The molecule has 1 unspecified atom stereocenters. The van der Waals surface area contributed by atoms with E-state index in [0.717, 1.165) is 0 Å². The summed E-state index contributed by atoms with van der Waals surface area (Å²) in [6, 6.07) is 5.58. The van der Waals surface area contributed by atoms with Crippen molar-refractivity contribution >= 4 is 17.8 Å². The SMILES string of the molecule is CCN(C(=O)c1ccc(C(N)=O)cc1)C(C)CC(=O)O. The van der Waals surface area contributed by atoms with Gasteiger partial charge in [-0.1, -0.05) is 0 Å². The number of benzene rings is 1. The molecule has 1 atom stereocenters. The first-order valence-electron chi connectivity index (χ1n) is 6.29. The van der Waals surface area contributed by atoms with E-state index in [1.54, 1.807) is 13.8 Å². The number of hydrogen-bond acceptors (Lipinski definition) is 3. The third-order valence-corrected chi connectivity index (χ3v) is 3.02. The second-order valence-electron chi connectivity index (χ2n) is 4.48. The number of amides is 2. The van der Waals surface area contributed by atoms with Crippen LogP contribution in [0.25, 0.3) is 0 Å². The summed E-state index contributed by atoms with van der Waals surface area (Å²) in [7, 11) is 0. The zero-order chi connectivity index (χ0) is 15.3. The number of carbonyl (C=O) groups is 3. The van der Waals surface area contributed by atoms with Gasteiger partial charge in [-0.25, -0.2) is 0 Å². The lowest BCUT2D eigenvalue weighted by Gasteiger charge is -2.27. The Morgan fingerprint density at radius 3 is 2.10 bits per heavy atom. The number of carboxylic acid groups (broad SMARTS) is 1. The molecule has 1 aromatic carbocycles. The maximum Gasteiger partial charge on any atom is 0.305 e. The van der Waals surface area contributed by atoms with Gasteiger partial charge in [-0.05, 0) is 38.1 Å². The Bertz CT molecular complexity index is 510. The molecule has 6 nitrogen and oxygen atoms in total. The van der Waals surface area contributed by atoms with Crippen molar-refractivity contribution in [1.29, 1.82) is 0 Å². The van der Waals surface area contributed by atoms with E-state index in [-0.39, 0.29) is 12.3 Å². The van der Waals surface area contributed by atoms with Gasteiger partial charge in [-0.15, -0.1) is 0 Å². The highest BCUT2D eigenvalue weighted by Crippen LogP contribution is 2.12. The Labute approximate surface area is 117 Å². The topological polar surface area (TPSA) is 101 Å². The largest absolute Gasteiger partial charge is 0.481 e. The van der Waals surface area contributed by atoms with Crippen LogP contribution in [-0.4, -0.2) is 40.4 Å². The molecular weight excluding hydrogens is 260 g/mol. The lowest BCUT2D eigenvalue weighted by molar-refractivity contribution is -0.138. The Balaban J connectivity index is 2.90. The summed E-state index contributed by atoms with van der Waals surface area (Å²) in [6.45, 7) is 3.88. The molecule has 6 heteroatoms. The van der Waals surface area contributed by atoms with Crippen LogP contribution in [0.1, 0.15) is 41.0 Å². The van der Waals surface area contributed by atoms with Crippen LogP contribution in [-0.2, 0) is 4.79 Å². The first-order chi connectivity index (χ1) is 9.36. The molecule has 0 aromatic heterocycles. The smallest absolute Gasteiger partial charge is 0.305 e. The van der Waals surface area contributed by atoms with Gasteiger partial charge in [-0.2, -0.15) is 0 Å². The number of primary amides is 1. The quantitative estimate of drug-likeness (QED) is 0.813. The number of carboxylic acids is 1. The van der Waals surface area contributed by atoms with Crippen LogP contribution in [0.4, 0.5) is 0 Å². The standard InChI is InChI=1S/C14H18N2O4/c1-3-16(9(2)8-12(17)18)14(20)11-6-4-10(5-7-11)13(15)19/h4-7,9H,3,8H2,1-2H3,(H2,15,19)(H,17,18). The fourth-order valence-electron chi connectivity index (χ4n) is 1.96. The van der Waals surface area contributed by atoms with E-state index in [9.17, 15) is 14.4 Å². The molecular formula is C14H18N2O4. The molecule has 2 amide bonds. The highest BCUT2D eigenvalue weighted by atomic mass is 16.4. The molecule has 0 heterocycles. The second-order valence-corrected chi connectivity index (χ2v) is 4.48. The van der Waals surface area contributed by atoms with Crippen LogP contribution in [0.3, 0.4) is 0 Å². The number of rotatable bonds is 6. The number of nitrogens with zero attached hydrogens (tertiary/aromatic N) is 1. The fraction of sp³-hybridized carbons (Fsp3) is 0.357. The highest BCUT2D eigenvalue weighted by Gasteiger charge is 2.21. The van der Waals surface area contributed by atoms with Crippen LogP contribution in [0.2, 0.25) is 0 Å². The lowest BCUT2D eigenvalue weighted by atomic mass is 10.1. The average Bonchev–Trinajstić information content (AvgIpc) is 2.38. The number of carbonyl (C=O) groups excluding carboxylic acids is 2. The molecule has 0 spiro atoms. The molecule has 108 valence electrons. The molecule has 1 rings (SSSR count). The molecule has 0 fully saturated rings. The van der Waals surface area contributed by atoms with Crippen molar-refractivity contribution < 1.29 is 19.5 Å². The Morgan fingerprint density at radius 1 is 1.20 bits per heavy atom. The van der Waals surface area contributed by atoms with Crippen molar-refractivity contribution in [3.63, 3.8) is 0 Å². The van der Waals surface area contributed by atoms with Crippen LogP contribution < -0.4 is 5.73 Å². The van der Waals surface area contributed by atoms with Gasteiger partial charge < -0.3 is 15.7 Å². The summed E-state index contributed by atoms with van der Waals surface area (Å²) in [5.74, 6) is -1.78. The van der Waals surface area contributed by atoms with Crippen LogP contribution >= 0.6 is 0 Å². The van der Waals surface area contributed by atoms with Crippen molar-refractivity contribution in [3.8, 4) is 0 Å². The van der Waals surface area contributed by atoms with E-state index in [2.05, 4.69) is 0 Å². The number of nitrogens with two attached hydrogens (primary N) is 1. The molecule has 1 aromatic rings. The number of hydrogen-bond donors (Lipinski definition) is 2. The molecule has 0 aliphatic rings. The van der Waals surface area contributed by atoms with Gasteiger partial charge in [0.25, 0.3) is 5.91 Å². The molecule has 3 N–H and O–H groups in total. The molecule has 20 heavy (non-hydrogen) atoms. The van der Waals surface area contributed by atoms with Gasteiger partial charge in [0.1, 0.15) is 0 Å². The zero-order valence-corrected chi connectivity index (χ0v) is 11.5. The minimum Gasteiger partial charge on any atom is -0.481 e. The third kappa shape index (κ3) is 3.81. The Hall–Kier alpha value is -2.37. The molecule has 0 bridgehead atoms. The van der Waals surface area contributed by atoms with Crippen molar-refractivity contribution in [2.24, 2.45) is 5.73 Å². The van der Waals surface area contributed by atoms with E-state index in [1.807, 2.05) is 0 Å². The van der Waals surface area contributed by atoms with E-state index in [4.69, 9.17) is 10.8 Å². The van der Waals surface area contributed by atoms with Crippen LogP contribution in [0.5, 0.6) is 0 Å². The lowest BCUT2D eigenvalue weighted by Crippen LogP contribution is -2.39. The Morgan fingerprint density at radius 2 is 1.70 bits per heavy atom. The zero-order valence-electron chi connectivity index (χ0n) is 11.5. The molecule has 0 saturated heterocycles. The van der Waals surface area contributed by atoms with Gasteiger partial charge >= 0.3 is 5.97 Å². The minimum absolute atomic E-state index is 0.112. The van der Waals surface area contributed by atoms with E-state index < -0.39 is 17.9 Å². The average molecular weight is 278 g/mol. The summed E-state index contributed by atoms with van der Waals surface area (Å²) in [4.78, 5) is 35.5. The van der Waals surface area contributed by atoms with Gasteiger partial charge in [0.15, 0.2) is 0 Å². The first kappa shape index (κ1) is 15.7. The second kappa shape index (κ2) is 6.70. The minimum atomic E-state index is -0.951. The van der Waals surface area contributed by atoms with Crippen LogP contribution in [0.15, 0.2) is 24.3 Å². The monoisotopic (exact) mass is 278 g/mol. The number of aliphatic carboxylic acids is 1. The Kier molecular flexibility index (Phi) is 5.25. The van der Waals surface area contributed by atoms with Crippen molar-refractivity contribution in [2.45, 2.75) is 26.3 Å². The van der Waals surface area contributed by atoms with Crippen LogP contribution in [0, 0.1) is 0 Å². The van der Waals surface area contributed by atoms with Gasteiger partial charge in [-0.3, -0.25) is 14.4 Å². The first-order valence-corrected chi connectivity index (χ1v) is 6.29. The predicted molar refractivity (Wildman–Crippen MR) is 73.4 cm³/mol. The summed E-state index contributed by atoms with van der Waals surface area (Å²) < 4.78 is 0. The fourth-order valence-corrected chi connectivity index (χ4v) is 1.96. The van der Waals surface area contributed by atoms with Crippen molar-refractivity contribution in [2.75, 3.05) is 6.54 Å². The van der Waals surface area contributed by atoms with E-state index in [0.29, 0.717) is 17.7 Å². The molecule has 0 aliphatic carbocycles. The van der Waals surface area contributed by atoms with Gasteiger partial charge in [0.2, 0.25) is 5.91 Å². The summed E-state index contributed by atoms with van der Waals surface area (Å²) in [5, 5.41) is 8.79. The summed E-state index contributed by atoms with van der Waals surface area (Å²) in [6.07, 6.45) is -0.112. The molecule has 0 saturated carbocycles. The third-order valence-electron chi connectivity index (χ3n) is 3.02. The van der Waals surface area contributed by atoms with Gasteiger partial charge in [0.05, 0.1) is 6.42 Å². The molecule has 0 aliphatic heterocycles. The summed E-state index contributed by atoms with van der Waals surface area (Å²) in [5.41, 5.74) is 5.85. The van der Waals surface area contributed by atoms with Crippen molar-refractivity contribution in [3.05, 3.63) is 35.4 Å². The predicted octanol–water partition coefficient (Wildman–Crippen LogP) is 1.11. The molecule has 0 radical (unpaired) electrons. The van der Waals surface area contributed by atoms with E-state index >= 15 is 0 Å². The highest BCUT2D eigenvalue weighted by molar-refractivity contribution is 5.97. The summed E-state index contributed by atoms with van der Waals surface area (Å²) >= 11 is 0. The van der Waals surface area contributed by atoms with Gasteiger partial charge in [0, 0.05) is 23.7 Å². The maximum atomic E-state index is 12.3.